The maximum absolute atomic E-state index is 13.5. The standard InChI is InChI=1S/C30H36F6N2O4/c1-19(38(26(39)41-5)18-21-13-23(29(31,32)33)17-24(14-21)30(34,35)36)22-11-12-37(27(40)42-28(2,3)4)25(16-22)15-20-9-7-6-8-10-20/h6-10,13-14,17,19,22,25H,11-12,15-16,18H2,1-5H3. The first-order valence-electron chi connectivity index (χ1n) is 13.6. The summed E-state index contributed by atoms with van der Waals surface area (Å²) in [5.74, 6) is -0.246. The normalized spacial score (nSPS) is 18.8. The molecule has 0 spiro atoms. The molecule has 2 amide bonds. The van der Waals surface area contributed by atoms with Gasteiger partial charge in [-0.25, -0.2) is 9.59 Å². The third-order valence-corrected chi connectivity index (χ3v) is 7.28. The molecule has 1 aliphatic rings. The minimum Gasteiger partial charge on any atom is -0.453 e. The summed E-state index contributed by atoms with van der Waals surface area (Å²) < 4.78 is 91.3. The summed E-state index contributed by atoms with van der Waals surface area (Å²) in [4.78, 5) is 28.7. The van der Waals surface area contributed by atoms with Crippen molar-refractivity contribution in [3.8, 4) is 0 Å². The second-order valence-corrected chi connectivity index (χ2v) is 11.6. The number of piperidine rings is 1. The zero-order chi connectivity index (χ0) is 31.5. The molecule has 1 fully saturated rings. The summed E-state index contributed by atoms with van der Waals surface area (Å²) in [6.45, 7) is 6.73. The van der Waals surface area contributed by atoms with Crippen molar-refractivity contribution in [1.82, 2.24) is 9.80 Å². The highest BCUT2D eigenvalue weighted by atomic mass is 19.4. The minimum absolute atomic E-state index is 0.0516. The zero-order valence-electron chi connectivity index (χ0n) is 24.2. The Morgan fingerprint density at radius 2 is 1.52 bits per heavy atom. The number of likely N-dealkylation sites (tertiary alicyclic amines) is 1. The van der Waals surface area contributed by atoms with E-state index in [1.165, 1.54) is 0 Å². The van der Waals surface area contributed by atoms with Crippen LogP contribution in [0.25, 0.3) is 0 Å². The van der Waals surface area contributed by atoms with Gasteiger partial charge in [-0.05, 0) is 82.2 Å². The van der Waals surface area contributed by atoms with Crippen LogP contribution in [0.1, 0.15) is 62.8 Å². The molecule has 3 unspecified atom stereocenters. The quantitative estimate of drug-likeness (QED) is 0.315. The maximum Gasteiger partial charge on any atom is 0.416 e. The first kappa shape index (κ1) is 33.1. The SMILES string of the molecule is COC(=O)N(Cc1cc(C(F)(F)F)cc(C(F)(F)F)c1)C(C)C1CCN(C(=O)OC(C)(C)C)C(Cc2ccccc2)C1. The van der Waals surface area contributed by atoms with E-state index in [1.54, 1.807) is 32.6 Å². The third-order valence-electron chi connectivity index (χ3n) is 7.28. The van der Waals surface area contributed by atoms with Crippen LogP contribution in [-0.4, -0.2) is 53.3 Å². The lowest BCUT2D eigenvalue weighted by molar-refractivity contribution is -0.143. The number of carbonyl (C=O) groups excluding carboxylic acids is 2. The molecule has 0 radical (unpaired) electrons. The first-order valence-corrected chi connectivity index (χ1v) is 13.6. The lowest BCUT2D eigenvalue weighted by Gasteiger charge is -2.44. The molecule has 3 rings (SSSR count). The fourth-order valence-electron chi connectivity index (χ4n) is 5.21. The van der Waals surface area contributed by atoms with Crippen molar-refractivity contribution in [3.63, 3.8) is 0 Å². The van der Waals surface area contributed by atoms with Crippen molar-refractivity contribution < 1.29 is 45.4 Å². The molecule has 12 heteroatoms. The van der Waals surface area contributed by atoms with E-state index < -0.39 is 53.9 Å². The molecule has 1 aliphatic heterocycles. The molecule has 0 aliphatic carbocycles. The van der Waals surface area contributed by atoms with Crippen molar-refractivity contribution in [1.29, 1.82) is 0 Å². The van der Waals surface area contributed by atoms with E-state index in [2.05, 4.69) is 0 Å². The Morgan fingerprint density at radius 3 is 2.02 bits per heavy atom. The van der Waals surface area contributed by atoms with E-state index in [0.29, 0.717) is 31.4 Å². The smallest absolute Gasteiger partial charge is 0.416 e. The number of hydrogen-bond donors (Lipinski definition) is 0. The lowest BCUT2D eigenvalue weighted by atomic mass is 9.83. The predicted molar refractivity (Wildman–Crippen MR) is 143 cm³/mol. The van der Waals surface area contributed by atoms with Crippen LogP contribution in [0.3, 0.4) is 0 Å². The molecule has 232 valence electrons. The van der Waals surface area contributed by atoms with Crippen LogP contribution in [-0.2, 0) is 34.8 Å². The monoisotopic (exact) mass is 602 g/mol. The summed E-state index contributed by atoms with van der Waals surface area (Å²) in [6.07, 6.45) is -10.1. The fraction of sp³-hybridized carbons (Fsp3) is 0.533. The Kier molecular flexibility index (Phi) is 10.1. The molecule has 0 aromatic heterocycles. The number of carbonyl (C=O) groups is 2. The van der Waals surface area contributed by atoms with Crippen molar-refractivity contribution >= 4 is 12.2 Å². The molecule has 0 bridgehead atoms. The number of amides is 2. The van der Waals surface area contributed by atoms with Gasteiger partial charge in [0.05, 0.1) is 18.2 Å². The average molecular weight is 603 g/mol. The van der Waals surface area contributed by atoms with Crippen molar-refractivity contribution in [2.45, 2.75) is 83.5 Å². The van der Waals surface area contributed by atoms with Gasteiger partial charge in [0.15, 0.2) is 0 Å². The highest BCUT2D eigenvalue weighted by molar-refractivity contribution is 5.69. The molecule has 42 heavy (non-hydrogen) atoms. The highest BCUT2D eigenvalue weighted by Gasteiger charge is 2.40. The number of nitrogens with zero attached hydrogens (tertiary/aromatic N) is 2. The average Bonchev–Trinajstić information content (AvgIpc) is 2.89. The van der Waals surface area contributed by atoms with Gasteiger partial charge < -0.3 is 19.3 Å². The van der Waals surface area contributed by atoms with Gasteiger partial charge in [0.1, 0.15) is 5.60 Å². The Bertz CT molecular complexity index is 1190. The minimum atomic E-state index is -5.02. The summed E-state index contributed by atoms with van der Waals surface area (Å²) in [7, 11) is 1.10. The van der Waals surface area contributed by atoms with Crippen molar-refractivity contribution in [2.24, 2.45) is 5.92 Å². The van der Waals surface area contributed by atoms with Gasteiger partial charge in [-0.2, -0.15) is 26.3 Å². The molecule has 1 saturated heterocycles. The third kappa shape index (κ3) is 8.78. The number of benzene rings is 2. The van der Waals surface area contributed by atoms with Gasteiger partial charge in [0.2, 0.25) is 0 Å². The van der Waals surface area contributed by atoms with Gasteiger partial charge in [-0.3, -0.25) is 0 Å². The van der Waals surface area contributed by atoms with Crippen LogP contribution in [0.2, 0.25) is 0 Å². The lowest BCUT2D eigenvalue weighted by Crippen LogP contribution is -2.53. The number of halogens is 6. The Hall–Kier alpha value is -3.44. The summed E-state index contributed by atoms with van der Waals surface area (Å²) in [6, 6.07) is 9.78. The summed E-state index contributed by atoms with van der Waals surface area (Å²) >= 11 is 0. The van der Waals surface area contributed by atoms with Crippen molar-refractivity contribution in [2.75, 3.05) is 13.7 Å². The first-order chi connectivity index (χ1) is 19.4. The molecule has 2 aromatic rings. The molecule has 3 atom stereocenters. The molecular weight excluding hydrogens is 566 g/mol. The largest absolute Gasteiger partial charge is 0.453 e. The van der Waals surface area contributed by atoms with E-state index in [1.807, 2.05) is 30.3 Å². The number of rotatable bonds is 6. The number of hydrogen-bond acceptors (Lipinski definition) is 4. The van der Waals surface area contributed by atoms with Gasteiger partial charge in [0.25, 0.3) is 0 Å². The van der Waals surface area contributed by atoms with Crippen LogP contribution in [0.15, 0.2) is 48.5 Å². The van der Waals surface area contributed by atoms with Crippen LogP contribution in [0.4, 0.5) is 35.9 Å². The van der Waals surface area contributed by atoms with Gasteiger partial charge >= 0.3 is 24.5 Å². The summed E-state index contributed by atoms with van der Waals surface area (Å²) in [5, 5.41) is 0. The second kappa shape index (κ2) is 12.8. The Labute approximate surface area is 241 Å². The van der Waals surface area contributed by atoms with E-state index in [0.717, 1.165) is 17.6 Å². The number of methoxy groups -OCH3 is 1. The molecule has 6 nitrogen and oxygen atoms in total. The molecule has 1 heterocycles. The molecule has 0 saturated carbocycles. The number of alkyl halides is 6. The van der Waals surface area contributed by atoms with Crippen LogP contribution >= 0.6 is 0 Å². The van der Waals surface area contributed by atoms with E-state index >= 15 is 0 Å². The van der Waals surface area contributed by atoms with Crippen LogP contribution in [0.5, 0.6) is 0 Å². The van der Waals surface area contributed by atoms with Crippen LogP contribution < -0.4 is 0 Å². The molecule has 0 N–H and O–H groups in total. The van der Waals surface area contributed by atoms with Gasteiger partial charge in [-0.1, -0.05) is 30.3 Å². The van der Waals surface area contributed by atoms with E-state index in [-0.39, 0.29) is 30.1 Å². The predicted octanol–water partition coefficient (Wildman–Crippen LogP) is 7.94. The topological polar surface area (TPSA) is 59.1 Å². The number of ether oxygens (including phenoxy) is 2. The molecular formula is C30H36F6N2O4. The van der Waals surface area contributed by atoms with Gasteiger partial charge in [-0.15, -0.1) is 0 Å². The van der Waals surface area contributed by atoms with Crippen LogP contribution in [0, 0.1) is 5.92 Å². The summed E-state index contributed by atoms with van der Waals surface area (Å²) in [5.41, 5.74) is -3.00. The molecule has 2 aromatic carbocycles. The zero-order valence-corrected chi connectivity index (χ0v) is 24.2. The highest BCUT2D eigenvalue weighted by Crippen LogP contribution is 2.37. The Morgan fingerprint density at radius 1 is 0.952 bits per heavy atom. The Balaban J connectivity index is 1.91. The van der Waals surface area contributed by atoms with E-state index in [9.17, 15) is 35.9 Å². The van der Waals surface area contributed by atoms with Crippen molar-refractivity contribution in [3.05, 3.63) is 70.8 Å². The van der Waals surface area contributed by atoms with Gasteiger partial charge in [0, 0.05) is 25.2 Å². The second-order valence-electron chi connectivity index (χ2n) is 11.6. The maximum atomic E-state index is 13.5. The fourth-order valence-corrected chi connectivity index (χ4v) is 5.21. The van der Waals surface area contributed by atoms with E-state index in [4.69, 9.17) is 9.47 Å².